The van der Waals surface area contributed by atoms with E-state index in [1.165, 1.54) is 12.1 Å². The molecule has 0 unspecified atom stereocenters. The van der Waals surface area contributed by atoms with Crippen LogP contribution in [0.15, 0.2) is 24.3 Å². The Labute approximate surface area is 119 Å². The summed E-state index contributed by atoms with van der Waals surface area (Å²) < 4.78 is 0.844. The Morgan fingerprint density at radius 3 is 1.94 bits per heavy atom. The van der Waals surface area contributed by atoms with Crippen LogP contribution in [0.2, 0.25) is 0 Å². The number of hydrogen-bond acceptors (Lipinski definition) is 3. The van der Waals surface area contributed by atoms with Crippen molar-refractivity contribution in [1.29, 1.82) is 0 Å². The third kappa shape index (κ3) is 9.08. The summed E-state index contributed by atoms with van der Waals surface area (Å²) in [6.07, 6.45) is 0. The number of aliphatic hydroxyl groups excluding tert-OH is 1. The molecule has 0 saturated heterocycles. The molecular weight excluding hydrogens is 229 g/mol. The van der Waals surface area contributed by atoms with Crippen molar-refractivity contribution in [3.8, 4) is 5.75 Å². The molecule has 0 aromatic heterocycles. The van der Waals surface area contributed by atoms with Crippen molar-refractivity contribution in [3.05, 3.63) is 29.8 Å². The van der Waals surface area contributed by atoms with E-state index in [9.17, 15) is 4.79 Å². The monoisotopic (exact) mass is 249 g/mol. The summed E-state index contributed by atoms with van der Waals surface area (Å²) in [6, 6.07) is 5.81. The molecule has 0 heterocycles. The van der Waals surface area contributed by atoms with Crippen LogP contribution in [0.25, 0.3) is 0 Å². The molecule has 0 atom stereocenters. The van der Waals surface area contributed by atoms with Crippen LogP contribution in [0, 0.1) is 0 Å². The Kier molecular flexibility index (Phi) is 9.68. The molecule has 96 valence electrons. The second-order valence-electron chi connectivity index (χ2n) is 4.56. The molecule has 18 heavy (non-hydrogen) atoms. The number of hydrogen-bond donors (Lipinski definition) is 3. The Hall–Kier alpha value is -0.993. The Morgan fingerprint density at radius 2 is 1.72 bits per heavy atom. The molecule has 5 nitrogen and oxygen atoms in total. The number of nitrogens with zero attached hydrogens (tertiary/aromatic N) is 1. The van der Waals surface area contributed by atoms with Crippen LogP contribution < -0.4 is 18.9 Å². The zero-order valence-corrected chi connectivity index (χ0v) is 11.4. The number of aromatic carboxylic acids is 1. The minimum Gasteiger partial charge on any atom is -0.507 e. The average Bonchev–Trinajstić information content (AvgIpc) is 2.16. The summed E-state index contributed by atoms with van der Waals surface area (Å²) in [7, 11) is 6.16. The van der Waals surface area contributed by atoms with Gasteiger partial charge in [0.15, 0.2) is 0 Å². The van der Waals surface area contributed by atoms with Gasteiger partial charge in [-0.2, -0.15) is 0 Å². The summed E-state index contributed by atoms with van der Waals surface area (Å²) >= 11 is 0. The second kappa shape index (κ2) is 9.01. The number of phenols is 1. The number of para-hydroxylation sites is 1. The molecule has 0 aliphatic carbocycles. The van der Waals surface area contributed by atoms with Gasteiger partial charge in [-0.1, -0.05) is 12.1 Å². The molecule has 1 aromatic rings. The minimum absolute atomic E-state index is 0. The third-order valence-electron chi connectivity index (χ3n) is 1.91. The number of rotatable bonds is 3. The van der Waals surface area contributed by atoms with E-state index in [0.717, 1.165) is 11.0 Å². The SMILES string of the molecule is C[N+](C)(C)CCO.O=C(O)c1ccccc1O.[Li+]. The van der Waals surface area contributed by atoms with E-state index in [2.05, 4.69) is 21.1 Å². The summed E-state index contributed by atoms with van der Waals surface area (Å²) in [5.41, 5.74) is -0.0671. The summed E-state index contributed by atoms with van der Waals surface area (Å²) in [5.74, 6) is -1.31. The molecule has 0 spiro atoms. The van der Waals surface area contributed by atoms with Crippen molar-refractivity contribution >= 4 is 5.97 Å². The van der Waals surface area contributed by atoms with E-state index in [4.69, 9.17) is 15.3 Å². The summed E-state index contributed by atoms with van der Waals surface area (Å²) in [6.45, 7) is 1.11. The van der Waals surface area contributed by atoms with Crippen molar-refractivity contribution in [3.63, 3.8) is 0 Å². The molecule has 0 amide bonds. The van der Waals surface area contributed by atoms with Gasteiger partial charge in [0.1, 0.15) is 17.9 Å². The van der Waals surface area contributed by atoms with Gasteiger partial charge in [0.05, 0.1) is 27.7 Å². The second-order valence-corrected chi connectivity index (χ2v) is 4.56. The largest absolute Gasteiger partial charge is 1.00 e. The van der Waals surface area contributed by atoms with Gasteiger partial charge >= 0.3 is 24.8 Å². The van der Waals surface area contributed by atoms with E-state index in [1.54, 1.807) is 12.1 Å². The molecule has 3 N–H and O–H groups in total. The number of benzene rings is 1. The summed E-state index contributed by atoms with van der Waals surface area (Å²) in [5, 5.41) is 25.7. The van der Waals surface area contributed by atoms with Gasteiger partial charge in [-0.25, -0.2) is 4.79 Å². The zero-order chi connectivity index (χ0) is 13.5. The summed E-state index contributed by atoms with van der Waals surface area (Å²) in [4.78, 5) is 10.3. The molecule has 0 saturated carbocycles. The topological polar surface area (TPSA) is 77.8 Å². The van der Waals surface area contributed by atoms with E-state index >= 15 is 0 Å². The molecule has 0 aliphatic heterocycles. The Bertz CT molecular complexity index is 363. The van der Waals surface area contributed by atoms with Crippen LogP contribution in [0.4, 0.5) is 0 Å². The first-order chi connectivity index (χ1) is 7.78. The van der Waals surface area contributed by atoms with Crippen LogP contribution in [-0.4, -0.2) is 60.1 Å². The Morgan fingerprint density at radius 1 is 1.22 bits per heavy atom. The Balaban J connectivity index is 0. The smallest absolute Gasteiger partial charge is 0.507 e. The van der Waals surface area contributed by atoms with Crippen LogP contribution in [0.3, 0.4) is 0 Å². The van der Waals surface area contributed by atoms with Crippen molar-refractivity contribution in [2.75, 3.05) is 34.3 Å². The standard InChI is InChI=1S/C7H6O3.C5H14NO.Li/c8-6-4-2-1-3-5(6)7(9)10;1-6(2,3)4-5-7;/h1-4,8H,(H,9,10);7H,4-5H2,1-3H3;/q;2*+1. The van der Waals surface area contributed by atoms with E-state index in [1.807, 2.05) is 0 Å². The molecule has 0 bridgehead atoms. The van der Waals surface area contributed by atoms with Crippen LogP contribution >= 0.6 is 0 Å². The minimum atomic E-state index is -1.11. The fourth-order valence-corrected chi connectivity index (χ4v) is 0.954. The number of aromatic hydroxyl groups is 1. The van der Waals surface area contributed by atoms with E-state index in [0.29, 0.717) is 0 Å². The third-order valence-corrected chi connectivity index (χ3v) is 1.91. The number of carboxylic acid groups (broad SMARTS) is 1. The predicted octanol–water partition coefficient (Wildman–Crippen LogP) is -2.22. The molecule has 1 aromatic carbocycles. The normalized spacial score (nSPS) is 9.78. The number of aliphatic hydroxyl groups is 1. The van der Waals surface area contributed by atoms with Gasteiger partial charge in [0.2, 0.25) is 0 Å². The maximum absolute atomic E-state index is 10.3. The quantitative estimate of drug-likeness (QED) is 0.419. The van der Waals surface area contributed by atoms with Gasteiger partial charge in [0.25, 0.3) is 0 Å². The maximum Gasteiger partial charge on any atom is 1.00 e. The first-order valence-corrected chi connectivity index (χ1v) is 5.20. The fourth-order valence-electron chi connectivity index (χ4n) is 0.954. The average molecular weight is 249 g/mol. The fraction of sp³-hybridized carbons (Fsp3) is 0.417. The number of carbonyl (C=O) groups is 1. The number of carboxylic acids is 1. The van der Waals surface area contributed by atoms with Gasteiger partial charge in [-0.3, -0.25) is 0 Å². The van der Waals surface area contributed by atoms with Crippen LogP contribution in [0.5, 0.6) is 5.75 Å². The van der Waals surface area contributed by atoms with E-state index < -0.39 is 5.97 Å². The molecule has 0 radical (unpaired) electrons. The van der Waals surface area contributed by atoms with Crippen LogP contribution in [0.1, 0.15) is 10.4 Å². The number of quaternary nitrogens is 1. The predicted molar refractivity (Wildman–Crippen MR) is 65.1 cm³/mol. The van der Waals surface area contributed by atoms with Gasteiger partial charge in [-0.05, 0) is 12.1 Å². The molecule has 0 aliphatic rings. The number of likely N-dealkylation sites (N-methyl/N-ethyl adjacent to an activating group) is 1. The first kappa shape index (κ1) is 19.3. The van der Waals surface area contributed by atoms with Gasteiger partial charge in [-0.15, -0.1) is 0 Å². The van der Waals surface area contributed by atoms with Gasteiger partial charge in [0, 0.05) is 0 Å². The first-order valence-electron chi connectivity index (χ1n) is 5.20. The van der Waals surface area contributed by atoms with Crippen LogP contribution in [-0.2, 0) is 0 Å². The molecular formula is C12H20LiNO4+2. The molecule has 1 rings (SSSR count). The van der Waals surface area contributed by atoms with Crippen molar-refractivity contribution in [1.82, 2.24) is 0 Å². The zero-order valence-electron chi connectivity index (χ0n) is 11.4. The van der Waals surface area contributed by atoms with Crippen molar-refractivity contribution in [2.24, 2.45) is 0 Å². The van der Waals surface area contributed by atoms with E-state index in [-0.39, 0.29) is 36.8 Å². The van der Waals surface area contributed by atoms with Crippen molar-refractivity contribution < 1.29 is 43.5 Å². The van der Waals surface area contributed by atoms with Gasteiger partial charge < -0.3 is 19.8 Å². The maximum atomic E-state index is 10.3. The molecule has 6 heteroatoms. The van der Waals surface area contributed by atoms with Crippen molar-refractivity contribution in [2.45, 2.75) is 0 Å². The molecule has 0 fully saturated rings.